The molecule has 2 aromatic rings. The summed E-state index contributed by atoms with van der Waals surface area (Å²) in [5, 5.41) is 0. The second-order valence-corrected chi connectivity index (χ2v) is 6.19. The first-order valence-electron chi connectivity index (χ1n) is 6.66. The Bertz CT molecular complexity index is 592. The van der Waals surface area contributed by atoms with Crippen LogP contribution in [0.5, 0.6) is 5.75 Å². The third kappa shape index (κ3) is 2.64. The molecule has 1 aliphatic heterocycles. The zero-order valence-corrected chi connectivity index (χ0v) is 12.2. The number of ether oxygens (including phenoxy) is 1. The Morgan fingerprint density at radius 2 is 2.00 bits per heavy atom. The molecule has 2 heteroatoms. The zero-order chi connectivity index (χ0) is 13.2. The van der Waals surface area contributed by atoms with E-state index in [0.29, 0.717) is 5.92 Å². The summed E-state index contributed by atoms with van der Waals surface area (Å²) in [7, 11) is 0. The quantitative estimate of drug-likeness (QED) is 0.808. The molecule has 1 heterocycles. The summed E-state index contributed by atoms with van der Waals surface area (Å²) in [6.07, 6.45) is 0. The smallest absolute Gasteiger partial charge is 0.122 e. The van der Waals surface area contributed by atoms with E-state index in [4.69, 9.17) is 4.74 Å². The highest BCUT2D eigenvalue weighted by Crippen LogP contribution is 2.39. The number of hydrogen-bond acceptors (Lipinski definition) is 2. The van der Waals surface area contributed by atoms with Crippen LogP contribution in [0.3, 0.4) is 0 Å². The molecule has 1 nitrogen and oxygen atoms in total. The molecule has 0 radical (unpaired) electrons. The second-order valence-electron chi connectivity index (χ2n) is 5.13. The maximum Gasteiger partial charge on any atom is 0.122 e. The maximum atomic E-state index is 6.02. The molecule has 0 bridgehead atoms. The summed E-state index contributed by atoms with van der Waals surface area (Å²) in [4.78, 5) is 1.41. The number of fused-ring (bicyclic) bond motifs is 1. The van der Waals surface area contributed by atoms with Crippen LogP contribution in [0.15, 0.2) is 47.4 Å². The van der Waals surface area contributed by atoms with Crippen LogP contribution in [0.25, 0.3) is 0 Å². The van der Waals surface area contributed by atoms with Crippen molar-refractivity contribution in [2.24, 2.45) is 0 Å². The Hall–Kier alpha value is -1.41. The summed E-state index contributed by atoms with van der Waals surface area (Å²) >= 11 is 1.94. The number of thioether (sulfide) groups is 1. The van der Waals surface area contributed by atoms with Gasteiger partial charge in [-0.2, -0.15) is 0 Å². The van der Waals surface area contributed by atoms with Gasteiger partial charge in [0, 0.05) is 16.6 Å². The lowest BCUT2D eigenvalue weighted by Gasteiger charge is -2.14. The number of aryl methyl sites for hydroxylation is 2. The van der Waals surface area contributed by atoms with Crippen LogP contribution in [-0.2, 0) is 0 Å². The number of benzene rings is 2. The molecule has 98 valence electrons. The van der Waals surface area contributed by atoms with Crippen molar-refractivity contribution in [2.45, 2.75) is 24.7 Å². The minimum Gasteiger partial charge on any atom is -0.493 e. The summed E-state index contributed by atoms with van der Waals surface area (Å²) in [5.74, 6) is 2.66. The standard InChI is InChI=1S/C17H18OS/c1-12-7-8-16(13(2)9-12)18-10-14-11-19-17-6-4-3-5-15(14)17/h3-9,14H,10-11H2,1-2H3. The molecule has 0 aromatic heterocycles. The fourth-order valence-electron chi connectivity index (χ4n) is 2.52. The Kier molecular flexibility index (Phi) is 3.52. The highest BCUT2D eigenvalue weighted by molar-refractivity contribution is 7.99. The summed E-state index contributed by atoms with van der Waals surface area (Å²) in [6.45, 7) is 4.99. The number of rotatable bonds is 3. The zero-order valence-electron chi connectivity index (χ0n) is 11.3. The molecule has 1 unspecified atom stereocenters. The molecule has 0 spiro atoms. The minimum atomic E-state index is 0.516. The van der Waals surface area contributed by atoms with Crippen LogP contribution in [0.1, 0.15) is 22.6 Å². The van der Waals surface area contributed by atoms with Gasteiger partial charge >= 0.3 is 0 Å². The van der Waals surface area contributed by atoms with E-state index in [0.717, 1.165) is 18.1 Å². The Labute approximate surface area is 119 Å². The van der Waals surface area contributed by atoms with Crippen LogP contribution in [0.4, 0.5) is 0 Å². The van der Waals surface area contributed by atoms with Gasteiger partial charge in [0.05, 0.1) is 6.61 Å². The van der Waals surface area contributed by atoms with Crippen LogP contribution in [0.2, 0.25) is 0 Å². The normalized spacial score (nSPS) is 17.3. The van der Waals surface area contributed by atoms with Crippen LogP contribution < -0.4 is 4.74 Å². The van der Waals surface area contributed by atoms with Gasteiger partial charge in [0.15, 0.2) is 0 Å². The lowest BCUT2D eigenvalue weighted by molar-refractivity contribution is 0.296. The van der Waals surface area contributed by atoms with Crippen molar-refractivity contribution in [3.8, 4) is 5.75 Å². The second kappa shape index (κ2) is 5.30. The predicted octanol–water partition coefficient (Wildman–Crippen LogP) is 4.57. The summed E-state index contributed by atoms with van der Waals surface area (Å²) in [5.41, 5.74) is 3.95. The molecule has 0 aliphatic carbocycles. The maximum absolute atomic E-state index is 6.02. The van der Waals surface area contributed by atoms with Crippen molar-refractivity contribution in [2.75, 3.05) is 12.4 Å². The molecular formula is C17H18OS. The third-order valence-electron chi connectivity index (χ3n) is 3.57. The van der Waals surface area contributed by atoms with Gasteiger partial charge in [0.1, 0.15) is 5.75 Å². The monoisotopic (exact) mass is 270 g/mol. The topological polar surface area (TPSA) is 9.23 Å². The molecule has 0 amide bonds. The molecule has 0 saturated heterocycles. The van der Waals surface area contributed by atoms with Gasteiger partial charge in [-0.25, -0.2) is 0 Å². The first-order chi connectivity index (χ1) is 9.24. The Morgan fingerprint density at radius 1 is 1.16 bits per heavy atom. The van der Waals surface area contributed by atoms with Gasteiger partial charge in [0.25, 0.3) is 0 Å². The summed E-state index contributed by atoms with van der Waals surface area (Å²) in [6, 6.07) is 15.0. The highest BCUT2D eigenvalue weighted by atomic mass is 32.2. The molecule has 1 aliphatic rings. The molecular weight excluding hydrogens is 252 g/mol. The van der Waals surface area contributed by atoms with Crippen LogP contribution >= 0.6 is 11.8 Å². The van der Waals surface area contributed by atoms with Gasteiger partial charge in [-0.05, 0) is 37.1 Å². The van der Waals surface area contributed by atoms with E-state index in [2.05, 4.69) is 56.3 Å². The minimum absolute atomic E-state index is 0.516. The summed E-state index contributed by atoms with van der Waals surface area (Å²) < 4.78 is 6.02. The highest BCUT2D eigenvalue weighted by Gasteiger charge is 2.23. The van der Waals surface area contributed by atoms with Gasteiger partial charge in [-0.15, -0.1) is 11.8 Å². The predicted molar refractivity (Wildman–Crippen MR) is 81.3 cm³/mol. The van der Waals surface area contributed by atoms with Crippen molar-refractivity contribution < 1.29 is 4.74 Å². The lowest BCUT2D eigenvalue weighted by atomic mass is 10.0. The van der Waals surface area contributed by atoms with Gasteiger partial charge in [-0.3, -0.25) is 0 Å². The van der Waals surface area contributed by atoms with Gasteiger partial charge in [0.2, 0.25) is 0 Å². The molecule has 19 heavy (non-hydrogen) atoms. The van der Waals surface area contributed by atoms with E-state index >= 15 is 0 Å². The van der Waals surface area contributed by atoms with Crippen molar-refractivity contribution >= 4 is 11.8 Å². The number of hydrogen-bond donors (Lipinski definition) is 0. The lowest BCUT2D eigenvalue weighted by Crippen LogP contribution is -2.10. The molecule has 2 aromatic carbocycles. The molecule has 0 saturated carbocycles. The average molecular weight is 270 g/mol. The van der Waals surface area contributed by atoms with E-state index < -0.39 is 0 Å². The first-order valence-corrected chi connectivity index (χ1v) is 7.64. The SMILES string of the molecule is Cc1ccc(OCC2CSc3ccccc32)c(C)c1. The van der Waals surface area contributed by atoms with Crippen molar-refractivity contribution in [1.29, 1.82) is 0 Å². The third-order valence-corrected chi connectivity index (χ3v) is 4.82. The fraction of sp³-hybridized carbons (Fsp3) is 0.294. The average Bonchev–Trinajstić information content (AvgIpc) is 2.81. The van der Waals surface area contributed by atoms with Crippen molar-refractivity contribution in [1.82, 2.24) is 0 Å². The Morgan fingerprint density at radius 3 is 2.84 bits per heavy atom. The van der Waals surface area contributed by atoms with Crippen molar-refractivity contribution in [3.05, 3.63) is 59.2 Å². The van der Waals surface area contributed by atoms with E-state index in [-0.39, 0.29) is 0 Å². The van der Waals surface area contributed by atoms with E-state index in [1.165, 1.54) is 21.6 Å². The Balaban J connectivity index is 1.71. The molecule has 1 atom stereocenters. The van der Waals surface area contributed by atoms with E-state index in [1.54, 1.807) is 0 Å². The van der Waals surface area contributed by atoms with Gasteiger partial charge in [-0.1, -0.05) is 35.9 Å². The molecule has 3 rings (SSSR count). The molecule has 0 fully saturated rings. The van der Waals surface area contributed by atoms with E-state index in [9.17, 15) is 0 Å². The van der Waals surface area contributed by atoms with Gasteiger partial charge < -0.3 is 4.74 Å². The van der Waals surface area contributed by atoms with Crippen LogP contribution in [-0.4, -0.2) is 12.4 Å². The van der Waals surface area contributed by atoms with E-state index in [1.807, 2.05) is 11.8 Å². The fourth-order valence-corrected chi connectivity index (χ4v) is 3.75. The van der Waals surface area contributed by atoms with Crippen LogP contribution in [0, 0.1) is 13.8 Å². The first kappa shape index (κ1) is 12.6. The molecule has 0 N–H and O–H groups in total. The largest absolute Gasteiger partial charge is 0.493 e. The van der Waals surface area contributed by atoms with Crippen molar-refractivity contribution in [3.63, 3.8) is 0 Å².